The third kappa shape index (κ3) is 4.54. The Kier molecular flexibility index (Phi) is 6.24. The maximum atomic E-state index is 12.9. The number of hydrogen-bond acceptors (Lipinski definition) is 4. The number of non-ortho nitro benzene ring substituents is 1. The van der Waals surface area contributed by atoms with Crippen LogP contribution in [0.15, 0.2) is 67.1 Å². The van der Waals surface area contributed by atoms with Crippen molar-refractivity contribution in [2.45, 2.75) is 6.54 Å². The fourth-order valence-corrected chi connectivity index (χ4v) is 2.30. The molecular formula is C18H13BrFN3O3. The minimum atomic E-state index is -0.513. The third-order valence-electron chi connectivity index (χ3n) is 3.64. The second kappa shape index (κ2) is 8.39. The highest BCUT2D eigenvalue weighted by Crippen LogP contribution is 2.15. The lowest BCUT2D eigenvalue weighted by atomic mass is 10.1. The van der Waals surface area contributed by atoms with Crippen molar-refractivity contribution >= 4 is 11.5 Å². The lowest BCUT2D eigenvalue weighted by Gasteiger charge is -2.01. The van der Waals surface area contributed by atoms with Gasteiger partial charge in [-0.05, 0) is 41.4 Å². The number of rotatable bonds is 5. The topological polar surface area (TPSA) is 77.0 Å². The summed E-state index contributed by atoms with van der Waals surface area (Å²) >= 11 is 0. The van der Waals surface area contributed by atoms with Crippen LogP contribution in [0.2, 0.25) is 0 Å². The number of nitro groups is 1. The predicted molar refractivity (Wildman–Crippen MR) is 87.3 cm³/mol. The van der Waals surface area contributed by atoms with E-state index in [9.17, 15) is 19.3 Å². The Hall–Kier alpha value is -3.00. The van der Waals surface area contributed by atoms with E-state index in [2.05, 4.69) is 4.98 Å². The Morgan fingerprint density at radius 2 is 1.73 bits per heavy atom. The first-order chi connectivity index (χ1) is 12.0. The number of ketones is 1. The summed E-state index contributed by atoms with van der Waals surface area (Å²) in [5.74, 6) is -0.500. The zero-order valence-electron chi connectivity index (χ0n) is 13.4. The van der Waals surface area contributed by atoms with Crippen LogP contribution in [-0.4, -0.2) is 15.7 Å². The van der Waals surface area contributed by atoms with Crippen molar-refractivity contribution in [1.29, 1.82) is 0 Å². The molecule has 0 spiro atoms. The molecule has 0 N–H and O–H groups in total. The molecule has 0 fully saturated rings. The van der Waals surface area contributed by atoms with Gasteiger partial charge in [0.1, 0.15) is 5.82 Å². The van der Waals surface area contributed by atoms with Crippen LogP contribution in [0.25, 0.3) is 11.3 Å². The molecule has 8 heteroatoms. The quantitative estimate of drug-likeness (QED) is 0.253. The Bertz CT molecular complexity index is 914. The van der Waals surface area contributed by atoms with Crippen LogP contribution in [0.3, 0.4) is 0 Å². The first kappa shape index (κ1) is 19.3. The van der Waals surface area contributed by atoms with Crippen LogP contribution < -0.4 is 21.5 Å². The maximum absolute atomic E-state index is 12.9. The van der Waals surface area contributed by atoms with E-state index in [1.807, 2.05) is 0 Å². The molecule has 0 radical (unpaired) electrons. The Labute approximate surface area is 158 Å². The molecule has 0 aliphatic carbocycles. The summed E-state index contributed by atoms with van der Waals surface area (Å²) in [5.41, 5.74) is 1.77. The summed E-state index contributed by atoms with van der Waals surface area (Å²) in [6, 6.07) is 13.2. The van der Waals surface area contributed by atoms with Crippen LogP contribution in [0, 0.1) is 15.9 Å². The van der Waals surface area contributed by atoms with Crippen LogP contribution in [-0.2, 0) is 6.54 Å². The molecule has 3 rings (SSSR count). The summed E-state index contributed by atoms with van der Waals surface area (Å²) in [4.78, 5) is 26.6. The largest absolute Gasteiger partial charge is 1.00 e. The second-order valence-electron chi connectivity index (χ2n) is 5.35. The molecule has 0 aliphatic rings. The van der Waals surface area contributed by atoms with Gasteiger partial charge < -0.3 is 17.0 Å². The van der Waals surface area contributed by atoms with Gasteiger partial charge in [0, 0.05) is 29.3 Å². The maximum Gasteiger partial charge on any atom is 0.287 e. The van der Waals surface area contributed by atoms with E-state index < -0.39 is 4.92 Å². The Morgan fingerprint density at radius 1 is 1.08 bits per heavy atom. The van der Waals surface area contributed by atoms with E-state index in [1.165, 1.54) is 42.7 Å². The molecule has 26 heavy (non-hydrogen) atoms. The molecule has 0 saturated heterocycles. The normalized spacial score (nSPS) is 10.0. The van der Waals surface area contributed by atoms with Crippen LogP contribution in [0.4, 0.5) is 10.1 Å². The van der Waals surface area contributed by atoms with Crippen LogP contribution >= 0.6 is 0 Å². The van der Waals surface area contributed by atoms with Crippen LogP contribution in [0.5, 0.6) is 0 Å². The van der Waals surface area contributed by atoms with Gasteiger partial charge in [-0.25, -0.2) is 8.96 Å². The number of carbonyl (C=O) groups excluding carboxylic acids is 1. The molecule has 3 aromatic rings. The monoisotopic (exact) mass is 417 g/mol. The Morgan fingerprint density at radius 3 is 2.27 bits per heavy atom. The van der Waals surface area contributed by atoms with Gasteiger partial charge in [0.25, 0.3) is 12.0 Å². The molecule has 2 aromatic carbocycles. The minimum absolute atomic E-state index is 0. The summed E-state index contributed by atoms with van der Waals surface area (Å²) in [6.07, 6.45) is 3.22. The first-order valence-electron chi connectivity index (χ1n) is 7.41. The number of carbonyl (C=O) groups is 1. The molecule has 0 atom stereocenters. The SMILES string of the molecule is O=C(C[n+]1ccc(-c2ccc(F)cc2)nc1)c1ccc([N+](=O)[O-])cc1.[Br-]. The fraction of sp³-hybridized carbons (Fsp3) is 0.0556. The van der Waals surface area contributed by atoms with Crippen molar-refractivity contribution in [2.75, 3.05) is 0 Å². The van der Waals surface area contributed by atoms with Gasteiger partial charge in [-0.3, -0.25) is 14.9 Å². The molecular weight excluding hydrogens is 405 g/mol. The first-order valence-corrected chi connectivity index (χ1v) is 7.41. The molecule has 0 amide bonds. The van der Waals surface area contributed by atoms with Crippen molar-refractivity contribution < 1.29 is 35.7 Å². The summed E-state index contributed by atoms with van der Waals surface area (Å²) in [7, 11) is 0. The predicted octanol–water partition coefficient (Wildman–Crippen LogP) is -0.0297. The van der Waals surface area contributed by atoms with Crippen molar-refractivity contribution in [2.24, 2.45) is 0 Å². The third-order valence-corrected chi connectivity index (χ3v) is 3.64. The smallest absolute Gasteiger partial charge is 0.287 e. The van der Waals surface area contributed by atoms with E-state index in [1.54, 1.807) is 29.0 Å². The minimum Gasteiger partial charge on any atom is -1.00 e. The molecule has 1 aromatic heterocycles. The molecule has 1 heterocycles. The van der Waals surface area contributed by atoms with E-state index in [0.717, 1.165) is 5.56 Å². The van der Waals surface area contributed by atoms with Crippen LogP contribution in [0.1, 0.15) is 10.4 Å². The van der Waals surface area contributed by atoms with Gasteiger partial charge in [-0.2, -0.15) is 0 Å². The zero-order chi connectivity index (χ0) is 17.8. The number of nitrogens with zero attached hydrogens (tertiary/aromatic N) is 3. The average molecular weight is 418 g/mol. The van der Waals surface area contributed by atoms with Gasteiger partial charge >= 0.3 is 0 Å². The van der Waals surface area contributed by atoms with Crippen molar-refractivity contribution in [3.8, 4) is 11.3 Å². The molecule has 132 valence electrons. The number of nitro benzene ring substituents is 1. The second-order valence-corrected chi connectivity index (χ2v) is 5.35. The van der Waals surface area contributed by atoms with Gasteiger partial charge in [0.2, 0.25) is 5.78 Å². The lowest BCUT2D eigenvalue weighted by molar-refractivity contribution is -0.686. The molecule has 0 aliphatic heterocycles. The van der Waals surface area contributed by atoms with E-state index in [-0.39, 0.29) is 40.8 Å². The van der Waals surface area contributed by atoms with Gasteiger partial charge in [0.15, 0.2) is 12.2 Å². The van der Waals surface area contributed by atoms with Gasteiger partial charge in [-0.1, -0.05) is 0 Å². The van der Waals surface area contributed by atoms with E-state index in [0.29, 0.717) is 11.3 Å². The number of Topliss-reactive ketones (excluding diaryl/α,β-unsaturated/α-hetero) is 1. The van der Waals surface area contributed by atoms with Crippen molar-refractivity contribution in [3.63, 3.8) is 0 Å². The van der Waals surface area contributed by atoms with Crippen molar-refractivity contribution in [1.82, 2.24) is 4.98 Å². The summed E-state index contributed by atoms with van der Waals surface area (Å²) in [5, 5.41) is 10.6. The lowest BCUT2D eigenvalue weighted by Crippen LogP contribution is -3.00. The average Bonchev–Trinajstić information content (AvgIpc) is 2.63. The number of benzene rings is 2. The summed E-state index contributed by atoms with van der Waals surface area (Å²) < 4.78 is 14.5. The van der Waals surface area contributed by atoms with Gasteiger partial charge in [-0.15, -0.1) is 0 Å². The molecule has 0 bridgehead atoms. The van der Waals surface area contributed by atoms with Crippen molar-refractivity contribution in [3.05, 3.63) is 88.6 Å². The Balaban J connectivity index is 0.00000243. The van der Waals surface area contributed by atoms with E-state index >= 15 is 0 Å². The zero-order valence-corrected chi connectivity index (χ0v) is 15.0. The molecule has 0 saturated carbocycles. The van der Waals surface area contributed by atoms with E-state index in [4.69, 9.17) is 0 Å². The van der Waals surface area contributed by atoms with Gasteiger partial charge in [0.05, 0.1) is 11.1 Å². The molecule has 6 nitrogen and oxygen atoms in total. The number of aromatic nitrogens is 2. The highest BCUT2D eigenvalue weighted by Gasteiger charge is 2.13. The fourth-order valence-electron chi connectivity index (χ4n) is 2.30. The summed E-state index contributed by atoms with van der Waals surface area (Å²) in [6.45, 7) is 0.0640. The highest BCUT2D eigenvalue weighted by atomic mass is 79.9. The molecule has 0 unspecified atom stereocenters. The number of halogens is 2. The highest BCUT2D eigenvalue weighted by molar-refractivity contribution is 5.95. The standard InChI is InChI=1S/C18H13FN3O3.BrH/c19-15-5-1-13(2-6-15)17-9-10-21(12-20-17)11-18(23)14-3-7-16(8-4-14)22(24)25;/h1-10,12H,11H2;1H/q+1;/p-1. The number of hydrogen-bond donors (Lipinski definition) is 0.